The number of aliphatic hydroxyl groups is 2. The third kappa shape index (κ3) is 11.2. The van der Waals surface area contributed by atoms with E-state index in [9.17, 15) is 41.4 Å². The molecular formula is C31H56N8O14S2. The van der Waals surface area contributed by atoms with Crippen LogP contribution in [0.1, 0.15) is 70.6 Å². The summed E-state index contributed by atoms with van der Waals surface area (Å²) in [6.45, 7) is -0.191. The van der Waals surface area contributed by atoms with Crippen LogP contribution in [0.4, 0.5) is 0 Å². The molecule has 16 atom stereocenters. The molecule has 0 heterocycles. The van der Waals surface area contributed by atoms with E-state index in [0.717, 1.165) is 0 Å². The Bertz CT molecular complexity index is 1550. The van der Waals surface area contributed by atoms with Crippen molar-refractivity contribution in [2.75, 3.05) is 19.8 Å². The van der Waals surface area contributed by atoms with E-state index in [1.54, 1.807) is 0 Å². The normalized spacial score (nSPS) is 43.6. The van der Waals surface area contributed by atoms with Gasteiger partial charge in [0.25, 0.3) is 20.2 Å². The van der Waals surface area contributed by atoms with E-state index in [-0.39, 0.29) is 62.6 Å². The Morgan fingerprint density at radius 3 is 1.71 bits per heavy atom. The molecule has 5 fully saturated rings. The van der Waals surface area contributed by atoms with Crippen molar-refractivity contribution in [3.8, 4) is 0 Å². The molecule has 0 saturated heterocycles. The van der Waals surface area contributed by atoms with Gasteiger partial charge in [-0.05, 0) is 88.4 Å². The van der Waals surface area contributed by atoms with Gasteiger partial charge in [0.2, 0.25) is 0 Å². The molecule has 22 nitrogen and oxygen atoms in total. The second-order valence-corrected chi connectivity index (χ2v) is 19.4. The Labute approximate surface area is 319 Å². The number of fused-ring (bicyclic) bond motifs is 1. The number of hydrogen-bond acceptors (Lipinski definition) is 20. The summed E-state index contributed by atoms with van der Waals surface area (Å²) in [6, 6.07) is -6.07. The van der Waals surface area contributed by atoms with Gasteiger partial charge >= 0.3 is 0 Å². The second kappa shape index (κ2) is 19.3. The van der Waals surface area contributed by atoms with E-state index in [2.05, 4.69) is 45.3 Å². The molecule has 24 heteroatoms. The first-order valence-corrected chi connectivity index (χ1v) is 21.8. The highest BCUT2D eigenvalue weighted by Gasteiger charge is 2.58. The summed E-state index contributed by atoms with van der Waals surface area (Å²) in [5.41, 5.74) is 12.8. The van der Waals surface area contributed by atoms with Crippen molar-refractivity contribution in [2.24, 2.45) is 71.7 Å². The molecule has 0 spiro atoms. The molecule has 5 aliphatic rings. The minimum Gasteiger partial charge on any atom is -0.393 e. The van der Waals surface area contributed by atoms with Gasteiger partial charge < -0.3 is 21.7 Å². The van der Waals surface area contributed by atoms with Crippen molar-refractivity contribution < 1.29 is 66.6 Å². The van der Waals surface area contributed by atoms with Crippen molar-refractivity contribution in [3.05, 3.63) is 0 Å². The Morgan fingerprint density at radius 1 is 0.582 bits per heavy atom. The third-order valence-corrected chi connectivity index (χ3v) is 14.8. The fourth-order valence-corrected chi connectivity index (χ4v) is 11.7. The van der Waals surface area contributed by atoms with Gasteiger partial charge in [-0.2, -0.15) is 47.5 Å². The van der Waals surface area contributed by atoms with Gasteiger partial charge in [0.15, 0.2) is 0 Å². The first-order chi connectivity index (χ1) is 26.0. The predicted octanol–water partition coefficient (Wildman–Crippen LogP) is 1.35. The molecule has 0 aromatic rings. The maximum atomic E-state index is 12.7. The van der Waals surface area contributed by atoms with Crippen molar-refractivity contribution in [3.63, 3.8) is 0 Å². The van der Waals surface area contributed by atoms with Gasteiger partial charge in [-0.3, -0.25) is 24.9 Å². The van der Waals surface area contributed by atoms with Gasteiger partial charge in [0.1, 0.15) is 22.6 Å². The van der Waals surface area contributed by atoms with Crippen LogP contribution in [0.15, 0.2) is 30.7 Å². The molecule has 0 aromatic heterocycles. The van der Waals surface area contributed by atoms with E-state index < -0.39 is 90.9 Å². The molecule has 0 radical (unpaired) electrons. The van der Waals surface area contributed by atoms with Crippen molar-refractivity contribution in [2.45, 2.75) is 142 Å². The molecule has 5 aliphatic carbocycles. The fourth-order valence-electron chi connectivity index (χ4n) is 9.61. The third-order valence-electron chi connectivity index (χ3n) is 12.3. The van der Waals surface area contributed by atoms with Gasteiger partial charge in [-0.25, -0.2) is 14.7 Å². The largest absolute Gasteiger partial charge is 0.393 e. The number of rotatable bonds is 14. The Hall–Kier alpha value is -1.78. The summed E-state index contributed by atoms with van der Waals surface area (Å²) < 4.78 is 71.4. The lowest BCUT2D eigenvalue weighted by Crippen LogP contribution is -2.65. The van der Waals surface area contributed by atoms with Crippen LogP contribution in [0.5, 0.6) is 0 Å². The smallest absolute Gasteiger partial charge is 0.270 e. The van der Waals surface area contributed by atoms with E-state index >= 15 is 0 Å². The second-order valence-electron chi connectivity index (χ2n) is 16.1. The van der Waals surface area contributed by atoms with Crippen molar-refractivity contribution in [1.29, 1.82) is 0 Å². The van der Waals surface area contributed by atoms with E-state index in [0.29, 0.717) is 57.8 Å². The summed E-state index contributed by atoms with van der Waals surface area (Å²) in [5, 5.41) is 72.0. The average Bonchev–Trinajstić information content (AvgIpc) is 3.10. The maximum Gasteiger partial charge on any atom is 0.270 e. The lowest BCUT2D eigenvalue weighted by molar-refractivity contribution is -0.263. The molecular weight excluding hydrogens is 773 g/mol. The van der Waals surface area contributed by atoms with Crippen LogP contribution in [-0.4, -0.2) is 143 Å². The molecule has 0 aromatic carbocycles. The predicted molar refractivity (Wildman–Crippen MR) is 190 cm³/mol. The summed E-state index contributed by atoms with van der Waals surface area (Å²) in [7, 11) is -9.71. The van der Waals surface area contributed by atoms with Gasteiger partial charge in [-0.1, -0.05) is 0 Å². The highest BCUT2D eigenvalue weighted by atomic mass is 32.2. The first kappa shape index (κ1) is 44.3. The molecule has 0 amide bonds. The molecule has 316 valence electrons. The van der Waals surface area contributed by atoms with Gasteiger partial charge in [0, 0.05) is 23.9 Å². The van der Waals surface area contributed by atoms with Crippen molar-refractivity contribution >= 4 is 20.2 Å². The zero-order valence-corrected chi connectivity index (χ0v) is 32.0. The lowest BCUT2D eigenvalue weighted by Gasteiger charge is -2.50. The van der Waals surface area contributed by atoms with Gasteiger partial charge in [0.05, 0.1) is 56.2 Å². The standard InChI is InChI=1S/C31H56N8O14S2/c32-22-11-21(40)2-4-24(22)37-34-19-1-3-23(18(8-19)14-53-44)36-39-30-26(55(48,49)50)10-17-9-25(54(45,46)47)29(28(33)27(17)31(30)41)38-35-20-6-15(12-51-42)5-16(7-20)13-52-43/h15-31,40-44H,1-14,32-33H2,(H,45,46,47)(H,48,49,50). The van der Waals surface area contributed by atoms with E-state index in [1.807, 2.05) is 0 Å². The summed E-state index contributed by atoms with van der Waals surface area (Å²) in [6.07, 6.45) is 1.42. The summed E-state index contributed by atoms with van der Waals surface area (Å²) in [4.78, 5) is 13.1. The number of nitrogens with zero attached hydrogens (tertiary/aromatic N) is 6. The highest BCUT2D eigenvalue weighted by molar-refractivity contribution is 7.86. The Morgan fingerprint density at radius 2 is 1.13 bits per heavy atom. The lowest BCUT2D eigenvalue weighted by atomic mass is 9.64. The SMILES string of the molecule is NC1CC(O)CCC1N=NC1CCC(N=NC2C(O)C3C(CC(S(=O)(=O)O)C(N=NC4CC(COO)CC(COO)C4)C3N)CC2S(=O)(=O)O)C(COO)C1. The molecule has 5 saturated carbocycles. The molecule has 5 rings (SSSR count). The Balaban J connectivity index is 1.34. The van der Waals surface area contributed by atoms with Crippen molar-refractivity contribution in [1.82, 2.24) is 0 Å². The van der Waals surface area contributed by atoms with E-state index in [1.165, 1.54) is 0 Å². The van der Waals surface area contributed by atoms with Crippen LogP contribution in [0, 0.1) is 29.6 Å². The molecule has 0 aliphatic heterocycles. The van der Waals surface area contributed by atoms with Crippen LogP contribution in [0.2, 0.25) is 0 Å². The maximum absolute atomic E-state index is 12.7. The molecule has 0 bridgehead atoms. The summed E-state index contributed by atoms with van der Waals surface area (Å²) in [5.74, 6) is -2.71. The van der Waals surface area contributed by atoms with Crippen LogP contribution < -0.4 is 11.5 Å². The fraction of sp³-hybridized carbons (Fsp3) is 1.00. The number of azo groups is 3. The van der Waals surface area contributed by atoms with Crippen LogP contribution in [0.25, 0.3) is 0 Å². The quantitative estimate of drug-likeness (QED) is 0.0516. The van der Waals surface area contributed by atoms with Crippen LogP contribution >= 0.6 is 0 Å². The average molecular weight is 829 g/mol. The molecule has 11 N–H and O–H groups in total. The summed E-state index contributed by atoms with van der Waals surface area (Å²) >= 11 is 0. The monoisotopic (exact) mass is 828 g/mol. The topological polar surface area (TPSA) is 364 Å². The number of hydrogen-bond donors (Lipinski definition) is 9. The first-order valence-electron chi connectivity index (χ1n) is 18.8. The zero-order valence-electron chi connectivity index (χ0n) is 30.4. The molecule has 55 heavy (non-hydrogen) atoms. The minimum atomic E-state index is -4.88. The van der Waals surface area contributed by atoms with Crippen LogP contribution in [0.3, 0.4) is 0 Å². The highest BCUT2D eigenvalue weighted by Crippen LogP contribution is 2.46. The Kier molecular flexibility index (Phi) is 15.6. The number of aliphatic hydroxyl groups excluding tert-OH is 2. The number of nitrogens with two attached hydrogens (primary N) is 2. The van der Waals surface area contributed by atoms with Gasteiger partial charge in [-0.15, -0.1) is 0 Å². The van der Waals surface area contributed by atoms with E-state index in [4.69, 9.17) is 22.0 Å². The van der Waals surface area contributed by atoms with Crippen LogP contribution in [-0.2, 0) is 34.9 Å². The zero-order chi connectivity index (χ0) is 40.1. The minimum absolute atomic E-state index is 0.0201. The molecule has 16 unspecified atom stereocenters.